The van der Waals surface area contributed by atoms with Gasteiger partial charge in [-0.25, -0.2) is 4.98 Å². The second-order valence-electron chi connectivity index (χ2n) is 3.80. The molecule has 0 fully saturated rings. The summed E-state index contributed by atoms with van der Waals surface area (Å²) in [6.07, 6.45) is 1.39. The van der Waals surface area contributed by atoms with E-state index in [0.717, 1.165) is 0 Å². The molecule has 1 rings (SSSR count). The van der Waals surface area contributed by atoms with Gasteiger partial charge in [0.25, 0.3) is 5.91 Å². The molecule has 20 heavy (non-hydrogen) atoms. The first-order valence-electron chi connectivity index (χ1n) is 5.79. The van der Waals surface area contributed by atoms with Gasteiger partial charge in [-0.1, -0.05) is 11.6 Å². The zero-order valence-electron chi connectivity index (χ0n) is 10.8. The number of carbonyl (C=O) groups excluding carboxylic acids is 3. The molecule has 0 saturated heterocycles. The molecule has 1 heterocycles. The van der Waals surface area contributed by atoms with Crippen molar-refractivity contribution in [2.24, 2.45) is 0 Å². The lowest BCUT2D eigenvalue weighted by Gasteiger charge is -2.06. The Balaban J connectivity index is 2.24. The molecule has 0 saturated carbocycles. The fourth-order valence-electron chi connectivity index (χ4n) is 1.19. The zero-order valence-corrected chi connectivity index (χ0v) is 11.6. The van der Waals surface area contributed by atoms with Crippen molar-refractivity contribution in [2.45, 2.75) is 13.3 Å². The number of hydrogen-bond donors (Lipinski definition) is 2. The maximum Gasteiger partial charge on any atom is 0.308 e. The van der Waals surface area contributed by atoms with Crippen molar-refractivity contribution in [1.82, 2.24) is 10.3 Å². The molecule has 8 heteroatoms. The first-order valence-corrected chi connectivity index (χ1v) is 6.16. The summed E-state index contributed by atoms with van der Waals surface area (Å²) in [6.45, 7) is 1.11. The van der Waals surface area contributed by atoms with Gasteiger partial charge in [-0.15, -0.1) is 0 Å². The van der Waals surface area contributed by atoms with Crippen LogP contribution in [0.5, 0.6) is 0 Å². The zero-order chi connectivity index (χ0) is 15.0. The van der Waals surface area contributed by atoms with E-state index in [0.29, 0.717) is 10.8 Å². The Morgan fingerprint density at radius 3 is 2.70 bits per heavy atom. The van der Waals surface area contributed by atoms with Gasteiger partial charge in [-0.3, -0.25) is 14.4 Å². The van der Waals surface area contributed by atoms with Crippen LogP contribution >= 0.6 is 11.6 Å². The van der Waals surface area contributed by atoms with Crippen LogP contribution in [0.1, 0.15) is 13.3 Å². The van der Waals surface area contributed by atoms with Crippen molar-refractivity contribution in [2.75, 3.05) is 18.5 Å². The van der Waals surface area contributed by atoms with Crippen molar-refractivity contribution in [3.8, 4) is 0 Å². The summed E-state index contributed by atoms with van der Waals surface area (Å²) in [5, 5.41) is 5.34. The SMILES string of the molecule is CC(=O)NCCC(=O)OCC(=O)Nc1ccc(Cl)cn1. The van der Waals surface area contributed by atoms with Crippen molar-refractivity contribution >= 4 is 35.2 Å². The standard InChI is InChI=1S/C12H14ClN3O4/c1-8(17)14-5-4-12(19)20-7-11(18)16-10-3-2-9(13)6-15-10/h2-3,6H,4-5,7H2,1H3,(H,14,17)(H,15,16,18). The van der Waals surface area contributed by atoms with E-state index in [-0.39, 0.29) is 18.9 Å². The first kappa shape index (κ1) is 15.9. The highest BCUT2D eigenvalue weighted by molar-refractivity contribution is 6.30. The molecule has 0 aliphatic heterocycles. The normalized spacial score (nSPS) is 9.70. The molecule has 2 N–H and O–H groups in total. The molecule has 0 atom stereocenters. The van der Waals surface area contributed by atoms with Crippen LogP contribution in [-0.4, -0.2) is 35.9 Å². The van der Waals surface area contributed by atoms with Crippen molar-refractivity contribution < 1.29 is 19.1 Å². The van der Waals surface area contributed by atoms with Gasteiger partial charge in [0, 0.05) is 19.7 Å². The monoisotopic (exact) mass is 299 g/mol. The summed E-state index contributed by atoms with van der Waals surface area (Å²) >= 11 is 5.65. The van der Waals surface area contributed by atoms with Gasteiger partial charge in [-0.2, -0.15) is 0 Å². The van der Waals surface area contributed by atoms with E-state index in [1.165, 1.54) is 19.2 Å². The van der Waals surface area contributed by atoms with Gasteiger partial charge in [0.05, 0.1) is 11.4 Å². The van der Waals surface area contributed by atoms with Gasteiger partial charge in [0.15, 0.2) is 6.61 Å². The summed E-state index contributed by atoms with van der Waals surface area (Å²) in [7, 11) is 0. The fourth-order valence-corrected chi connectivity index (χ4v) is 1.30. The number of aromatic nitrogens is 1. The Bertz CT molecular complexity index is 490. The molecule has 0 bridgehead atoms. The van der Waals surface area contributed by atoms with Gasteiger partial charge in [-0.05, 0) is 12.1 Å². The number of amides is 2. The molecule has 0 aliphatic carbocycles. The maximum absolute atomic E-state index is 11.5. The molecule has 0 unspecified atom stereocenters. The highest BCUT2D eigenvalue weighted by Gasteiger charge is 2.08. The van der Waals surface area contributed by atoms with Crippen LogP contribution < -0.4 is 10.6 Å². The van der Waals surface area contributed by atoms with E-state index in [2.05, 4.69) is 15.6 Å². The van der Waals surface area contributed by atoms with Gasteiger partial charge < -0.3 is 15.4 Å². The predicted octanol–water partition coefficient (Wildman–Crippen LogP) is 0.743. The van der Waals surface area contributed by atoms with Crippen molar-refractivity contribution in [3.05, 3.63) is 23.4 Å². The highest BCUT2D eigenvalue weighted by atomic mass is 35.5. The Hall–Kier alpha value is -2.15. The van der Waals surface area contributed by atoms with Crippen LogP contribution in [-0.2, 0) is 19.1 Å². The molecule has 1 aromatic heterocycles. The molecule has 2 amide bonds. The van der Waals surface area contributed by atoms with Crippen LogP contribution in [0.2, 0.25) is 5.02 Å². The number of halogens is 1. The molecule has 108 valence electrons. The van der Waals surface area contributed by atoms with Crippen LogP contribution in [0.4, 0.5) is 5.82 Å². The lowest BCUT2D eigenvalue weighted by Crippen LogP contribution is -2.26. The molecule has 0 aromatic carbocycles. The third-order valence-corrected chi connectivity index (χ3v) is 2.29. The Morgan fingerprint density at radius 2 is 2.10 bits per heavy atom. The van der Waals surface area contributed by atoms with E-state index < -0.39 is 18.5 Å². The van der Waals surface area contributed by atoms with Crippen LogP contribution in [0, 0.1) is 0 Å². The van der Waals surface area contributed by atoms with Gasteiger partial charge >= 0.3 is 5.97 Å². The van der Waals surface area contributed by atoms with Crippen LogP contribution in [0.3, 0.4) is 0 Å². The Morgan fingerprint density at radius 1 is 1.35 bits per heavy atom. The molecule has 0 aliphatic rings. The molecule has 0 radical (unpaired) electrons. The number of hydrogen-bond acceptors (Lipinski definition) is 5. The molecular formula is C12H14ClN3O4. The lowest BCUT2D eigenvalue weighted by molar-refractivity contribution is -0.147. The highest BCUT2D eigenvalue weighted by Crippen LogP contribution is 2.09. The second kappa shape index (κ2) is 8.11. The molecule has 7 nitrogen and oxygen atoms in total. The third-order valence-electron chi connectivity index (χ3n) is 2.06. The quantitative estimate of drug-likeness (QED) is 0.755. The van der Waals surface area contributed by atoms with Crippen molar-refractivity contribution in [1.29, 1.82) is 0 Å². The van der Waals surface area contributed by atoms with E-state index in [1.54, 1.807) is 6.07 Å². The smallest absolute Gasteiger partial charge is 0.308 e. The van der Waals surface area contributed by atoms with E-state index >= 15 is 0 Å². The maximum atomic E-state index is 11.5. The number of rotatable bonds is 6. The molecule has 1 aromatic rings. The molecular weight excluding hydrogens is 286 g/mol. The second-order valence-corrected chi connectivity index (χ2v) is 4.24. The summed E-state index contributed by atoms with van der Waals surface area (Å²) < 4.78 is 4.73. The Labute approximate surface area is 120 Å². The minimum atomic E-state index is -0.571. The van der Waals surface area contributed by atoms with Crippen LogP contribution in [0.15, 0.2) is 18.3 Å². The number of ether oxygens (including phenoxy) is 1. The fraction of sp³-hybridized carbons (Fsp3) is 0.333. The third kappa shape index (κ3) is 6.69. The number of carbonyl (C=O) groups is 3. The number of nitrogens with one attached hydrogen (secondary N) is 2. The average molecular weight is 300 g/mol. The minimum Gasteiger partial charge on any atom is -0.456 e. The first-order chi connectivity index (χ1) is 9.47. The lowest BCUT2D eigenvalue weighted by atomic mass is 10.4. The number of nitrogens with zero attached hydrogens (tertiary/aromatic N) is 1. The number of pyridine rings is 1. The summed E-state index contributed by atoms with van der Waals surface area (Å²) in [5.74, 6) is -0.997. The van der Waals surface area contributed by atoms with Crippen LogP contribution in [0.25, 0.3) is 0 Å². The number of anilines is 1. The van der Waals surface area contributed by atoms with Crippen molar-refractivity contribution in [3.63, 3.8) is 0 Å². The van der Waals surface area contributed by atoms with E-state index in [1.807, 2.05) is 0 Å². The Kier molecular flexibility index (Phi) is 6.45. The summed E-state index contributed by atoms with van der Waals surface area (Å²) in [6, 6.07) is 3.10. The average Bonchev–Trinajstić information content (AvgIpc) is 2.39. The van der Waals surface area contributed by atoms with E-state index in [4.69, 9.17) is 16.3 Å². The molecule has 0 spiro atoms. The predicted molar refractivity (Wildman–Crippen MR) is 72.1 cm³/mol. The van der Waals surface area contributed by atoms with E-state index in [9.17, 15) is 14.4 Å². The van der Waals surface area contributed by atoms with Gasteiger partial charge in [0.1, 0.15) is 5.82 Å². The largest absolute Gasteiger partial charge is 0.456 e. The van der Waals surface area contributed by atoms with Gasteiger partial charge in [0.2, 0.25) is 5.91 Å². The summed E-state index contributed by atoms with van der Waals surface area (Å²) in [5.41, 5.74) is 0. The topological polar surface area (TPSA) is 97.4 Å². The summed E-state index contributed by atoms with van der Waals surface area (Å²) in [4.78, 5) is 37.1. The number of esters is 1. The minimum absolute atomic E-state index is 0.00601.